The first kappa shape index (κ1) is 15.8. The van der Waals surface area contributed by atoms with E-state index >= 15 is 0 Å². The first-order chi connectivity index (χ1) is 3.83. The molecule has 0 aromatic rings. The van der Waals surface area contributed by atoms with E-state index in [1.54, 1.807) is 15.9 Å². The Balaban J connectivity index is -0.0000000483. The van der Waals surface area contributed by atoms with Gasteiger partial charge in [0.2, 0.25) is 0 Å². The van der Waals surface area contributed by atoms with Crippen LogP contribution in [0.25, 0.3) is 31.9 Å². The van der Waals surface area contributed by atoms with Crippen molar-refractivity contribution >= 4 is 0 Å². The molecule has 0 aromatic heterocycles. The van der Waals surface area contributed by atoms with Crippen LogP contribution in [0.1, 0.15) is 0 Å². The number of nitrogens with zero attached hydrogens (tertiary/aromatic N) is 6. The van der Waals surface area contributed by atoms with Crippen LogP contribution in [0.15, 0.2) is 0 Å². The average molecular weight is 155 g/mol. The van der Waals surface area contributed by atoms with E-state index in [2.05, 4.69) is 0 Å². The fraction of sp³-hybridized carbons (Fsp3) is 0. The molecule has 0 aromatic carbocycles. The van der Waals surface area contributed by atoms with Gasteiger partial charge < -0.3 is 22.1 Å². The SMILES string of the molecule is [N-]=[N+]=[N-].[N-]=[N+]=[N-].[O]=[Mn]. The molecule has 0 aliphatic heterocycles. The van der Waals surface area contributed by atoms with E-state index in [4.69, 9.17) is 26.0 Å². The Kier molecular flexibility index (Phi) is 324. The summed E-state index contributed by atoms with van der Waals surface area (Å²) in [7, 11) is 0. The molecule has 0 bridgehead atoms. The van der Waals surface area contributed by atoms with E-state index in [1.807, 2.05) is 0 Å². The molecule has 0 fully saturated rings. The summed E-state index contributed by atoms with van der Waals surface area (Å²) in [4.78, 5) is 3.00. The number of hydrogen-bond acceptors (Lipinski definition) is 1. The van der Waals surface area contributed by atoms with Gasteiger partial charge in [0.1, 0.15) is 0 Å². The van der Waals surface area contributed by atoms with Gasteiger partial charge in [-0.15, -0.1) is 0 Å². The molecule has 8 heteroatoms. The summed E-state index contributed by atoms with van der Waals surface area (Å²) < 4.78 is 8.06. The van der Waals surface area contributed by atoms with Gasteiger partial charge in [0.15, 0.2) is 0 Å². The fourth-order valence-electron chi connectivity index (χ4n) is 0. The van der Waals surface area contributed by atoms with E-state index in [9.17, 15) is 0 Å². The molecule has 0 radical (unpaired) electrons. The van der Waals surface area contributed by atoms with E-state index in [0.717, 1.165) is 0 Å². The van der Waals surface area contributed by atoms with Crippen molar-refractivity contribution in [2.75, 3.05) is 0 Å². The van der Waals surface area contributed by atoms with Crippen molar-refractivity contribution in [1.29, 1.82) is 0 Å². The molecule has 0 spiro atoms. The second-order valence-electron chi connectivity index (χ2n) is 0.179. The van der Waals surface area contributed by atoms with E-state index in [-0.39, 0.29) is 0 Å². The van der Waals surface area contributed by atoms with Crippen LogP contribution in [-0.2, 0) is 19.8 Å². The summed E-state index contributed by atoms with van der Waals surface area (Å²) in [5.74, 6) is 0. The van der Waals surface area contributed by atoms with Crippen molar-refractivity contribution in [1.82, 2.24) is 0 Å². The molecule has 0 unspecified atom stereocenters. The predicted molar refractivity (Wildman–Crippen MR) is 20.8 cm³/mol. The Labute approximate surface area is 52.5 Å². The molecular formula is MnN6O-2. The minimum atomic E-state index is 1.50. The van der Waals surface area contributed by atoms with Crippen LogP contribution in [-0.4, -0.2) is 0 Å². The molecule has 0 aliphatic carbocycles. The van der Waals surface area contributed by atoms with E-state index in [0.29, 0.717) is 0 Å². The second kappa shape index (κ2) is 164. The topological polar surface area (TPSA) is 134 Å². The molecule has 0 N–H and O–H groups in total. The zero-order chi connectivity index (χ0) is 7.41. The van der Waals surface area contributed by atoms with Crippen LogP contribution in [0.3, 0.4) is 0 Å². The molecule has 7 nitrogen and oxygen atoms in total. The molecular weight excluding hydrogens is 155 g/mol. The Hall–Kier alpha value is -1.06. The molecule has 0 saturated carbocycles. The van der Waals surface area contributed by atoms with Crippen LogP contribution >= 0.6 is 0 Å². The molecule has 0 heterocycles. The van der Waals surface area contributed by atoms with Gasteiger partial charge in [-0.3, -0.25) is 9.82 Å². The van der Waals surface area contributed by atoms with Crippen molar-refractivity contribution in [2.45, 2.75) is 0 Å². The predicted octanol–water partition coefficient (Wildman–Crippen LogP) is 1.61. The molecule has 0 amide bonds. The zero-order valence-corrected chi connectivity index (χ0v) is 4.65. The standard InChI is InChI=1S/Mn.2N3.O/c;2*1-3-2;/q;2*-1;. The maximum atomic E-state index is 8.06. The van der Waals surface area contributed by atoms with Crippen molar-refractivity contribution in [2.24, 2.45) is 0 Å². The Morgan fingerprint density at radius 1 is 0.875 bits per heavy atom. The molecule has 0 rings (SSSR count). The summed E-state index contributed by atoms with van der Waals surface area (Å²) in [6, 6.07) is 0. The second-order valence-corrected chi connectivity index (χ2v) is 0.179. The minimum absolute atomic E-state index is 1.50. The summed E-state index contributed by atoms with van der Waals surface area (Å²) in [5.41, 5.74) is 27.0. The van der Waals surface area contributed by atoms with Crippen LogP contribution in [0, 0.1) is 0 Å². The van der Waals surface area contributed by atoms with Gasteiger partial charge in [-0.25, -0.2) is 0 Å². The van der Waals surface area contributed by atoms with Crippen LogP contribution in [0.4, 0.5) is 0 Å². The molecule has 45 valence electrons. The molecule has 8 heavy (non-hydrogen) atoms. The van der Waals surface area contributed by atoms with Gasteiger partial charge in [0, 0.05) is 0 Å². The van der Waals surface area contributed by atoms with Gasteiger partial charge >= 0.3 is 19.8 Å². The normalized spacial score (nSPS) is 2.50. The first-order valence-electron chi connectivity index (χ1n) is 0.954. The molecule has 0 aliphatic rings. The first-order valence-corrected chi connectivity index (χ1v) is 1.44. The Bertz CT molecular complexity index is 72.7. The van der Waals surface area contributed by atoms with Crippen molar-refractivity contribution < 1.29 is 19.8 Å². The molecule has 0 saturated heterocycles. The van der Waals surface area contributed by atoms with Crippen LogP contribution in [0.2, 0.25) is 0 Å². The van der Waals surface area contributed by atoms with Gasteiger partial charge in [0.05, 0.1) is 0 Å². The Morgan fingerprint density at radius 3 is 0.875 bits per heavy atom. The van der Waals surface area contributed by atoms with Gasteiger partial charge in [-0.05, 0) is 0 Å². The monoisotopic (exact) mass is 155 g/mol. The summed E-state index contributed by atoms with van der Waals surface area (Å²) in [6.07, 6.45) is 0. The van der Waals surface area contributed by atoms with Gasteiger partial charge in [-0.2, -0.15) is 0 Å². The summed E-state index contributed by atoms with van der Waals surface area (Å²) >= 11 is 1.69. The van der Waals surface area contributed by atoms with Crippen molar-refractivity contribution in [3.8, 4) is 0 Å². The molecule has 0 atom stereocenters. The third kappa shape index (κ3) is 68.2. The Morgan fingerprint density at radius 2 is 0.875 bits per heavy atom. The van der Waals surface area contributed by atoms with Gasteiger partial charge in [0.25, 0.3) is 0 Å². The van der Waals surface area contributed by atoms with Crippen molar-refractivity contribution in [3.05, 3.63) is 31.9 Å². The number of hydrogen-bond donors (Lipinski definition) is 0. The van der Waals surface area contributed by atoms with E-state index in [1.165, 1.54) is 9.82 Å². The third-order valence-corrected chi connectivity index (χ3v) is 0. The summed E-state index contributed by atoms with van der Waals surface area (Å²) in [6.45, 7) is 0. The van der Waals surface area contributed by atoms with Crippen LogP contribution < -0.4 is 0 Å². The summed E-state index contributed by atoms with van der Waals surface area (Å²) in [5, 5.41) is 0. The third-order valence-electron chi connectivity index (χ3n) is 0. The maximum absolute atomic E-state index is 8.06. The zero-order valence-electron chi connectivity index (χ0n) is 3.47. The average Bonchev–Trinajstić information content (AvgIpc) is 1.75. The van der Waals surface area contributed by atoms with Gasteiger partial charge in [-0.1, -0.05) is 0 Å². The fourth-order valence-corrected chi connectivity index (χ4v) is 0. The quantitative estimate of drug-likeness (QED) is 0.223. The number of rotatable bonds is 0. The van der Waals surface area contributed by atoms with Crippen molar-refractivity contribution in [3.63, 3.8) is 0 Å². The van der Waals surface area contributed by atoms with Crippen LogP contribution in [0.5, 0.6) is 0 Å². The van der Waals surface area contributed by atoms with E-state index < -0.39 is 0 Å².